The van der Waals surface area contributed by atoms with Crippen LogP contribution >= 0.6 is 0 Å². The summed E-state index contributed by atoms with van der Waals surface area (Å²) in [4.78, 5) is 4.10. The zero-order valence-corrected chi connectivity index (χ0v) is 9.33. The van der Waals surface area contributed by atoms with Gasteiger partial charge in [-0.2, -0.15) is 4.98 Å². The minimum Gasteiger partial charge on any atom is -0.497 e. The van der Waals surface area contributed by atoms with Gasteiger partial charge in [-0.15, -0.1) is 0 Å². The average Bonchev–Trinajstić information content (AvgIpc) is 2.87. The smallest absolute Gasteiger partial charge is 0.246 e. The Labute approximate surface area is 98.0 Å². The summed E-state index contributed by atoms with van der Waals surface area (Å²) in [5, 5.41) is 12.7. The Kier molecular flexibility index (Phi) is 3.36. The van der Waals surface area contributed by atoms with Gasteiger partial charge in [-0.3, -0.25) is 0 Å². The van der Waals surface area contributed by atoms with Crippen molar-refractivity contribution < 1.29 is 14.4 Å². The fourth-order valence-electron chi connectivity index (χ4n) is 1.32. The maximum atomic E-state index is 8.87. The van der Waals surface area contributed by atoms with Gasteiger partial charge in [0.15, 0.2) is 0 Å². The molecule has 17 heavy (non-hydrogen) atoms. The first-order valence-corrected chi connectivity index (χ1v) is 5.09. The Bertz CT molecular complexity index is 481. The van der Waals surface area contributed by atoms with Gasteiger partial charge >= 0.3 is 0 Å². The van der Waals surface area contributed by atoms with Crippen molar-refractivity contribution in [1.82, 2.24) is 10.1 Å². The molecule has 6 heteroatoms. The highest BCUT2D eigenvalue weighted by Gasteiger charge is 2.14. The summed E-state index contributed by atoms with van der Waals surface area (Å²) in [5.41, 5.74) is 6.36. The maximum Gasteiger partial charge on any atom is 0.246 e. The quantitative estimate of drug-likeness (QED) is 0.811. The van der Waals surface area contributed by atoms with Gasteiger partial charge in [0.2, 0.25) is 11.7 Å². The Morgan fingerprint density at radius 2 is 2.12 bits per heavy atom. The van der Waals surface area contributed by atoms with Crippen molar-refractivity contribution in [3.8, 4) is 17.1 Å². The van der Waals surface area contributed by atoms with Crippen LogP contribution in [0.3, 0.4) is 0 Å². The third-order valence-electron chi connectivity index (χ3n) is 2.30. The van der Waals surface area contributed by atoms with Crippen LogP contribution in [0, 0.1) is 0 Å². The van der Waals surface area contributed by atoms with E-state index in [9.17, 15) is 0 Å². The second-order valence-corrected chi connectivity index (χ2v) is 3.47. The Morgan fingerprint density at radius 3 is 2.71 bits per heavy atom. The van der Waals surface area contributed by atoms with Crippen LogP contribution in [-0.4, -0.2) is 29.0 Å². The van der Waals surface area contributed by atoms with Gasteiger partial charge in [0.1, 0.15) is 11.8 Å². The van der Waals surface area contributed by atoms with E-state index >= 15 is 0 Å². The lowest BCUT2D eigenvalue weighted by Crippen LogP contribution is -2.14. The van der Waals surface area contributed by atoms with Gasteiger partial charge in [0, 0.05) is 5.56 Å². The van der Waals surface area contributed by atoms with E-state index in [4.69, 9.17) is 20.1 Å². The number of ether oxygens (including phenoxy) is 1. The van der Waals surface area contributed by atoms with Crippen molar-refractivity contribution in [3.05, 3.63) is 30.2 Å². The molecule has 1 atom stereocenters. The van der Waals surface area contributed by atoms with Gasteiger partial charge in [0.25, 0.3) is 0 Å². The molecule has 90 valence electrons. The molecule has 0 saturated heterocycles. The molecule has 2 rings (SSSR count). The number of nitrogens with two attached hydrogens (primary N) is 1. The van der Waals surface area contributed by atoms with Crippen LogP contribution in [0.5, 0.6) is 5.75 Å². The number of nitrogens with zero attached hydrogens (tertiary/aromatic N) is 2. The van der Waals surface area contributed by atoms with E-state index in [2.05, 4.69) is 10.1 Å². The lowest BCUT2D eigenvalue weighted by Gasteiger charge is -1.99. The van der Waals surface area contributed by atoms with E-state index in [0.717, 1.165) is 11.3 Å². The molecule has 0 saturated carbocycles. The molecule has 0 fully saturated rings. The molecule has 1 heterocycles. The lowest BCUT2D eigenvalue weighted by molar-refractivity contribution is 0.237. The fourth-order valence-corrected chi connectivity index (χ4v) is 1.32. The predicted octanol–water partition coefficient (Wildman–Crippen LogP) is 0.737. The molecule has 1 aromatic heterocycles. The van der Waals surface area contributed by atoms with Gasteiger partial charge in [0.05, 0.1) is 13.7 Å². The summed E-state index contributed by atoms with van der Waals surface area (Å²) in [6, 6.07) is 6.60. The molecule has 0 aliphatic carbocycles. The standard InChI is InChI=1S/C11H13N3O3/c1-16-8-4-2-7(3-5-8)10-13-11(17-14-10)9(12)6-15/h2-5,9,15H,6,12H2,1H3/t9-/m1/s1. The van der Waals surface area contributed by atoms with E-state index in [-0.39, 0.29) is 12.5 Å². The second kappa shape index (κ2) is 4.94. The van der Waals surface area contributed by atoms with Crippen LogP contribution < -0.4 is 10.5 Å². The highest BCUT2D eigenvalue weighted by Crippen LogP contribution is 2.20. The SMILES string of the molecule is COc1ccc(-c2noc([C@H](N)CO)n2)cc1. The molecule has 3 N–H and O–H groups in total. The van der Waals surface area contributed by atoms with Crippen molar-refractivity contribution in [1.29, 1.82) is 0 Å². The Morgan fingerprint density at radius 1 is 1.41 bits per heavy atom. The van der Waals surface area contributed by atoms with E-state index in [0.29, 0.717) is 5.82 Å². The topological polar surface area (TPSA) is 94.4 Å². The number of hydrogen-bond acceptors (Lipinski definition) is 6. The average molecular weight is 235 g/mol. The molecule has 0 amide bonds. The minimum atomic E-state index is -0.644. The maximum absolute atomic E-state index is 8.87. The molecule has 1 aromatic carbocycles. The largest absolute Gasteiger partial charge is 0.497 e. The van der Waals surface area contributed by atoms with Crippen LogP contribution in [0.4, 0.5) is 0 Å². The summed E-state index contributed by atoms with van der Waals surface area (Å²) in [7, 11) is 1.60. The third kappa shape index (κ3) is 2.43. The molecular weight excluding hydrogens is 222 g/mol. The molecule has 0 unspecified atom stereocenters. The zero-order chi connectivity index (χ0) is 12.3. The molecule has 0 spiro atoms. The van der Waals surface area contributed by atoms with Crippen LogP contribution in [0.2, 0.25) is 0 Å². The summed E-state index contributed by atoms with van der Waals surface area (Å²) in [5.74, 6) is 1.41. The zero-order valence-electron chi connectivity index (χ0n) is 9.33. The minimum absolute atomic E-state index is 0.221. The first-order chi connectivity index (χ1) is 8.24. The highest BCUT2D eigenvalue weighted by molar-refractivity contribution is 5.55. The molecular formula is C11H13N3O3. The Hall–Kier alpha value is -1.92. The van der Waals surface area contributed by atoms with E-state index in [1.54, 1.807) is 19.2 Å². The van der Waals surface area contributed by atoms with Crippen molar-refractivity contribution >= 4 is 0 Å². The molecule has 0 aliphatic rings. The van der Waals surface area contributed by atoms with Crippen molar-refractivity contribution in [3.63, 3.8) is 0 Å². The molecule has 6 nitrogen and oxygen atoms in total. The van der Waals surface area contributed by atoms with E-state index < -0.39 is 6.04 Å². The normalized spacial score (nSPS) is 12.4. The van der Waals surface area contributed by atoms with Crippen LogP contribution in [0.25, 0.3) is 11.4 Å². The lowest BCUT2D eigenvalue weighted by atomic mass is 10.2. The number of hydrogen-bond donors (Lipinski definition) is 2. The number of rotatable bonds is 4. The number of benzene rings is 1. The van der Waals surface area contributed by atoms with Crippen LogP contribution in [0.15, 0.2) is 28.8 Å². The monoisotopic (exact) mass is 235 g/mol. The van der Waals surface area contributed by atoms with E-state index in [1.165, 1.54) is 0 Å². The van der Waals surface area contributed by atoms with Gasteiger partial charge in [-0.05, 0) is 24.3 Å². The van der Waals surface area contributed by atoms with Crippen LogP contribution in [-0.2, 0) is 0 Å². The number of methoxy groups -OCH3 is 1. The van der Waals surface area contributed by atoms with Crippen LogP contribution in [0.1, 0.15) is 11.9 Å². The van der Waals surface area contributed by atoms with Crippen molar-refractivity contribution in [2.45, 2.75) is 6.04 Å². The first-order valence-electron chi connectivity index (χ1n) is 5.09. The van der Waals surface area contributed by atoms with Gasteiger partial charge < -0.3 is 20.1 Å². The van der Waals surface area contributed by atoms with Gasteiger partial charge in [-0.1, -0.05) is 5.16 Å². The number of aliphatic hydroxyl groups is 1. The van der Waals surface area contributed by atoms with E-state index in [1.807, 2.05) is 12.1 Å². The summed E-state index contributed by atoms with van der Waals surface area (Å²) in [6.07, 6.45) is 0. The summed E-state index contributed by atoms with van der Waals surface area (Å²) < 4.78 is 10.00. The third-order valence-corrected chi connectivity index (χ3v) is 2.30. The molecule has 2 aromatic rings. The number of aromatic nitrogens is 2. The number of aliphatic hydroxyl groups excluding tert-OH is 1. The van der Waals surface area contributed by atoms with Gasteiger partial charge in [-0.25, -0.2) is 0 Å². The summed E-state index contributed by atoms with van der Waals surface area (Å²) >= 11 is 0. The molecule has 0 bridgehead atoms. The highest BCUT2D eigenvalue weighted by atomic mass is 16.5. The molecule has 0 aliphatic heterocycles. The predicted molar refractivity (Wildman–Crippen MR) is 60.3 cm³/mol. The van der Waals surface area contributed by atoms with Crippen molar-refractivity contribution in [2.24, 2.45) is 5.73 Å². The second-order valence-electron chi connectivity index (χ2n) is 3.47. The van der Waals surface area contributed by atoms with Crippen molar-refractivity contribution in [2.75, 3.05) is 13.7 Å². The first kappa shape index (κ1) is 11.6. The molecule has 0 radical (unpaired) electrons. The fraction of sp³-hybridized carbons (Fsp3) is 0.273. The Balaban J connectivity index is 2.24. The summed E-state index contributed by atoms with van der Waals surface area (Å²) in [6.45, 7) is -0.232.